The number of nitrogens with two attached hydrogens (primary N) is 1. The summed E-state index contributed by atoms with van der Waals surface area (Å²) >= 11 is 0. The molecule has 0 saturated heterocycles. The molecule has 0 aliphatic heterocycles. The summed E-state index contributed by atoms with van der Waals surface area (Å²) in [5, 5.41) is 0. The van der Waals surface area contributed by atoms with E-state index in [0.717, 1.165) is 0 Å². The summed E-state index contributed by atoms with van der Waals surface area (Å²) in [6.45, 7) is 10.3. The molecule has 0 heterocycles. The molecule has 2 amide bonds. The van der Waals surface area contributed by atoms with Crippen molar-refractivity contribution in [2.24, 2.45) is 5.73 Å². The van der Waals surface area contributed by atoms with E-state index in [0.29, 0.717) is 30.3 Å². The van der Waals surface area contributed by atoms with E-state index >= 15 is 0 Å². The fourth-order valence-corrected chi connectivity index (χ4v) is 2.17. The van der Waals surface area contributed by atoms with E-state index in [2.05, 4.69) is 6.58 Å². The smallest absolute Gasteiger partial charge is 0.254 e. The predicted octanol–water partition coefficient (Wildman–Crippen LogP) is 2.38. The molecule has 0 saturated carbocycles. The van der Waals surface area contributed by atoms with Gasteiger partial charge in [0.25, 0.3) is 5.91 Å². The van der Waals surface area contributed by atoms with E-state index in [1.54, 1.807) is 29.2 Å². The van der Waals surface area contributed by atoms with Gasteiger partial charge in [0, 0.05) is 24.6 Å². The van der Waals surface area contributed by atoms with Crippen molar-refractivity contribution >= 4 is 11.8 Å². The lowest BCUT2D eigenvalue weighted by atomic mass is 10.1. The number of benzene rings is 1. The van der Waals surface area contributed by atoms with Crippen LogP contribution in [0.5, 0.6) is 11.5 Å². The molecule has 0 unspecified atom stereocenters. The number of carbonyl (C=O) groups is 2. The zero-order valence-corrected chi connectivity index (χ0v) is 14.6. The Balaban J connectivity index is 3.04. The largest absolute Gasteiger partial charge is 0.490 e. The molecule has 0 spiro atoms. The second kappa shape index (κ2) is 9.60. The Morgan fingerprint density at radius 2 is 2.00 bits per heavy atom. The highest BCUT2D eigenvalue weighted by atomic mass is 16.5. The number of hydrogen-bond donors (Lipinski definition) is 1. The third-order valence-electron chi connectivity index (χ3n) is 3.33. The molecule has 0 aliphatic carbocycles. The molecule has 6 nitrogen and oxygen atoms in total. The van der Waals surface area contributed by atoms with Crippen LogP contribution in [-0.2, 0) is 4.79 Å². The molecular formula is C18H26N2O4. The molecule has 1 rings (SSSR count). The number of rotatable bonds is 10. The van der Waals surface area contributed by atoms with E-state index < -0.39 is 5.91 Å². The zero-order chi connectivity index (χ0) is 18.1. The summed E-state index contributed by atoms with van der Waals surface area (Å²) in [6, 6.07) is 4.99. The minimum Gasteiger partial charge on any atom is -0.490 e. The maximum atomic E-state index is 12.7. The molecular weight excluding hydrogens is 308 g/mol. The molecule has 0 bridgehead atoms. The van der Waals surface area contributed by atoms with E-state index in [4.69, 9.17) is 15.2 Å². The highest BCUT2D eigenvalue weighted by Crippen LogP contribution is 2.29. The van der Waals surface area contributed by atoms with Crippen molar-refractivity contribution in [3.63, 3.8) is 0 Å². The molecule has 1 aromatic rings. The zero-order valence-electron chi connectivity index (χ0n) is 14.6. The summed E-state index contributed by atoms with van der Waals surface area (Å²) < 4.78 is 11.1. The minimum absolute atomic E-state index is 0.0518. The van der Waals surface area contributed by atoms with Crippen LogP contribution in [0.2, 0.25) is 0 Å². The van der Waals surface area contributed by atoms with Gasteiger partial charge in [-0.15, -0.1) is 0 Å². The molecule has 0 aromatic heterocycles. The van der Waals surface area contributed by atoms with Gasteiger partial charge in [0.1, 0.15) is 6.61 Å². The van der Waals surface area contributed by atoms with Gasteiger partial charge in [-0.1, -0.05) is 12.7 Å². The monoisotopic (exact) mass is 334 g/mol. The van der Waals surface area contributed by atoms with Gasteiger partial charge in [0.15, 0.2) is 11.5 Å². The summed E-state index contributed by atoms with van der Waals surface area (Å²) in [5.41, 5.74) is 5.66. The van der Waals surface area contributed by atoms with Crippen LogP contribution >= 0.6 is 0 Å². The number of nitrogens with zero attached hydrogens (tertiary/aromatic N) is 1. The Labute approximate surface area is 143 Å². The van der Waals surface area contributed by atoms with Gasteiger partial charge >= 0.3 is 0 Å². The summed E-state index contributed by atoms with van der Waals surface area (Å²) in [6.07, 6.45) is 1.77. The van der Waals surface area contributed by atoms with E-state index in [1.807, 2.05) is 20.8 Å². The quantitative estimate of drug-likeness (QED) is 0.666. The maximum absolute atomic E-state index is 12.7. The first-order valence-electron chi connectivity index (χ1n) is 8.00. The van der Waals surface area contributed by atoms with E-state index in [9.17, 15) is 9.59 Å². The normalized spacial score (nSPS) is 10.3. The second-order valence-corrected chi connectivity index (χ2v) is 5.50. The van der Waals surface area contributed by atoms with E-state index in [1.165, 1.54) is 0 Å². The third kappa shape index (κ3) is 5.61. The van der Waals surface area contributed by atoms with Gasteiger partial charge in [-0.3, -0.25) is 9.59 Å². The van der Waals surface area contributed by atoms with Gasteiger partial charge in [0.2, 0.25) is 5.91 Å². The number of carbonyl (C=O) groups excluding carboxylic acids is 2. The topological polar surface area (TPSA) is 81.9 Å². The van der Waals surface area contributed by atoms with E-state index in [-0.39, 0.29) is 24.9 Å². The van der Waals surface area contributed by atoms with Gasteiger partial charge < -0.3 is 20.1 Å². The Morgan fingerprint density at radius 3 is 2.54 bits per heavy atom. The molecule has 24 heavy (non-hydrogen) atoms. The van der Waals surface area contributed by atoms with Crippen molar-refractivity contribution in [3.05, 3.63) is 36.4 Å². The van der Waals surface area contributed by atoms with Crippen molar-refractivity contribution in [2.45, 2.75) is 33.2 Å². The number of primary amides is 1. The lowest BCUT2D eigenvalue weighted by Crippen LogP contribution is -2.39. The highest BCUT2D eigenvalue weighted by Gasteiger charge is 2.20. The summed E-state index contributed by atoms with van der Waals surface area (Å²) in [5.74, 6) is 0.449. The van der Waals surface area contributed by atoms with Crippen LogP contribution in [0.1, 0.15) is 37.6 Å². The lowest BCUT2D eigenvalue weighted by Gasteiger charge is -2.26. The first-order valence-corrected chi connectivity index (χ1v) is 8.00. The van der Waals surface area contributed by atoms with Crippen molar-refractivity contribution in [2.75, 3.05) is 19.8 Å². The molecule has 0 radical (unpaired) electrons. The maximum Gasteiger partial charge on any atom is 0.254 e. The molecule has 1 aromatic carbocycles. The molecule has 6 heteroatoms. The van der Waals surface area contributed by atoms with Crippen molar-refractivity contribution in [1.82, 2.24) is 4.90 Å². The van der Waals surface area contributed by atoms with Gasteiger partial charge in [-0.05, 0) is 39.0 Å². The van der Waals surface area contributed by atoms with Crippen LogP contribution in [0.3, 0.4) is 0 Å². The van der Waals surface area contributed by atoms with Gasteiger partial charge in [0.05, 0.1) is 6.61 Å². The Hall–Kier alpha value is -2.50. The molecule has 0 atom stereocenters. The molecule has 2 N–H and O–H groups in total. The first-order chi connectivity index (χ1) is 11.4. The lowest BCUT2D eigenvalue weighted by molar-refractivity contribution is -0.118. The van der Waals surface area contributed by atoms with Crippen molar-refractivity contribution in [1.29, 1.82) is 0 Å². The first kappa shape index (κ1) is 19.5. The highest BCUT2D eigenvalue weighted by molar-refractivity contribution is 5.95. The minimum atomic E-state index is -0.434. The number of ether oxygens (including phenoxy) is 2. The number of amides is 2. The Bertz CT molecular complexity index is 584. The molecule has 132 valence electrons. The van der Waals surface area contributed by atoms with Crippen LogP contribution in [0.15, 0.2) is 30.9 Å². The average Bonchev–Trinajstić information content (AvgIpc) is 2.53. The van der Waals surface area contributed by atoms with Crippen LogP contribution < -0.4 is 15.2 Å². The summed E-state index contributed by atoms with van der Waals surface area (Å²) in [4.78, 5) is 25.4. The molecule has 0 fully saturated rings. The Morgan fingerprint density at radius 1 is 1.29 bits per heavy atom. The SMILES string of the molecule is C=CCOc1ccc(C(=O)N(CCC(N)=O)C(C)C)cc1OCC. The molecule has 0 aliphatic rings. The number of hydrogen-bond acceptors (Lipinski definition) is 4. The average molecular weight is 334 g/mol. The van der Waals surface area contributed by atoms with Crippen LogP contribution in [0.4, 0.5) is 0 Å². The fourth-order valence-electron chi connectivity index (χ4n) is 2.17. The van der Waals surface area contributed by atoms with Gasteiger partial charge in [-0.25, -0.2) is 0 Å². The van der Waals surface area contributed by atoms with Crippen molar-refractivity contribution < 1.29 is 19.1 Å². The van der Waals surface area contributed by atoms with Crippen LogP contribution in [0.25, 0.3) is 0 Å². The van der Waals surface area contributed by atoms with Crippen LogP contribution in [0, 0.1) is 0 Å². The second-order valence-electron chi connectivity index (χ2n) is 5.50. The van der Waals surface area contributed by atoms with Gasteiger partial charge in [-0.2, -0.15) is 0 Å². The third-order valence-corrected chi connectivity index (χ3v) is 3.33. The standard InChI is InChI=1S/C18H26N2O4/c1-5-11-24-15-8-7-14(12-16(15)23-6-2)18(22)20(13(3)4)10-9-17(19)21/h5,7-8,12-13H,1,6,9-11H2,2-4H3,(H2,19,21). The summed E-state index contributed by atoms with van der Waals surface area (Å²) in [7, 11) is 0. The Kier molecular flexibility index (Phi) is 7.82. The fraction of sp³-hybridized carbons (Fsp3) is 0.444. The van der Waals surface area contributed by atoms with Crippen molar-refractivity contribution in [3.8, 4) is 11.5 Å². The van der Waals surface area contributed by atoms with Crippen LogP contribution in [-0.4, -0.2) is 42.5 Å². The predicted molar refractivity (Wildman–Crippen MR) is 93.3 cm³/mol.